The zero-order chi connectivity index (χ0) is 12.0. The van der Waals surface area contributed by atoms with Gasteiger partial charge in [-0.05, 0) is 6.92 Å². The summed E-state index contributed by atoms with van der Waals surface area (Å²) in [5.41, 5.74) is -0.718. The van der Waals surface area contributed by atoms with Crippen LogP contribution in [0.2, 0.25) is 0 Å². The average Bonchev–Trinajstić information content (AvgIpc) is 2.79. The summed E-state index contributed by atoms with van der Waals surface area (Å²) in [5, 5.41) is 0. The molecule has 0 aliphatic carbocycles. The Bertz CT molecular complexity index is 333. The zero-order valence-electron chi connectivity index (χ0n) is 9.85. The highest BCUT2D eigenvalue weighted by Crippen LogP contribution is 2.51. The van der Waals surface area contributed by atoms with Gasteiger partial charge < -0.3 is 18.9 Å². The van der Waals surface area contributed by atoms with E-state index >= 15 is 0 Å². The number of carbonyl (C=O) groups is 1. The van der Waals surface area contributed by atoms with Crippen molar-refractivity contribution in [3.63, 3.8) is 0 Å². The van der Waals surface area contributed by atoms with E-state index in [1.54, 1.807) is 0 Å². The maximum Gasteiger partial charge on any atom is 0.317 e. The van der Waals surface area contributed by atoms with Crippen molar-refractivity contribution in [1.29, 1.82) is 0 Å². The van der Waals surface area contributed by atoms with Crippen LogP contribution in [0.25, 0.3) is 0 Å². The van der Waals surface area contributed by atoms with Gasteiger partial charge >= 0.3 is 5.97 Å². The Balaban J connectivity index is 2.45. The van der Waals surface area contributed by atoms with Crippen LogP contribution in [0.5, 0.6) is 0 Å². The van der Waals surface area contributed by atoms with Crippen molar-refractivity contribution in [3.05, 3.63) is 12.2 Å². The van der Waals surface area contributed by atoms with Gasteiger partial charge in [0, 0.05) is 14.2 Å². The van der Waals surface area contributed by atoms with E-state index in [4.69, 9.17) is 18.9 Å². The van der Waals surface area contributed by atoms with E-state index in [1.807, 2.05) is 19.1 Å². The van der Waals surface area contributed by atoms with E-state index in [0.717, 1.165) is 0 Å². The molecule has 0 spiro atoms. The summed E-state index contributed by atoms with van der Waals surface area (Å²) in [5.74, 6) is -2.09. The molecule has 2 bridgehead atoms. The summed E-state index contributed by atoms with van der Waals surface area (Å²) >= 11 is 0. The van der Waals surface area contributed by atoms with Crippen LogP contribution in [0.1, 0.15) is 6.92 Å². The topological polar surface area (TPSA) is 54.0 Å². The van der Waals surface area contributed by atoms with E-state index < -0.39 is 23.3 Å². The largest absolute Gasteiger partial charge is 0.469 e. The second-order valence-corrected chi connectivity index (χ2v) is 4.17. The van der Waals surface area contributed by atoms with Gasteiger partial charge in [0.2, 0.25) is 5.79 Å². The van der Waals surface area contributed by atoms with Gasteiger partial charge in [0.15, 0.2) is 0 Å². The number of methoxy groups -OCH3 is 3. The maximum atomic E-state index is 11.8. The molecule has 0 radical (unpaired) electrons. The fraction of sp³-hybridized carbons (Fsp3) is 0.727. The maximum absolute atomic E-state index is 11.8. The predicted molar refractivity (Wildman–Crippen MR) is 54.7 cm³/mol. The molecule has 5 nitrogen and oxygen atoms in total. The summed E-state index contributed by atoms with van der Waals surface area (Å²) in [6.45, 7) is 1.82. The highest BCUT2D eigenvalue weighted by Gasteiger charge is 2.68. The lowest BCUT2D eigenvalue weighted by Gasteiger charge is -2.37. The Morgan fingerprint density at radius 1 is 1.31 bits per heavy atom. The normalized spacial score (nSPS) is 39.0. The van der Waals surface area contributed by atoms with Gasteiger partial charge in [-0.3, -0.25) is 4.79 Å². The quantitative estimate of drug-likeness (QED) is 0.400. The lowest BCUT2D eigenvalue weighted by atomic mass is 9.79. The Morgan fingerprint density at radius 3 is 2.44 bits per heavy atom. The zero-order valence-corrected chi connectivity index (χ0v) is 9.85. The standard InChI is InChI=1S/C11H16O5/c1-10-6-5-7(16-10)11(14-3,15-4)8(10)9(12)13-2/h5-8H,1-4H3/t7-,8+,10-/m1/s1. The summed E-state index contributed by atoms with van der Waals surface area (Å²) in [6, 6.07) is 0. The lowest BCUT2D eigenvalue weighted by molar-refractivity contribution is -0.244. The van der Waals surface area contributed by atoms with Crippen LogP contribution in [-0.2, 0) is 23.7 Å². The molecule has 1 fully saturated rings. The fourth-order valence-corrected chi connectivity index (χ4v) is 2.64. The predicted octanol–water partition coefficient (Wildman–Crippen LogP) is 0.492. The van der Waals surface area contributed by atoms with Gasteiger partial charge in [-0.2, -0.15) is 0 Å². The number of esters is 1. The minimum Gasteiger partial charge on any atom is -0.469 e. The third-order valence-electron chi connectivity index (χ3n) is 3.43. The molecule has 0 amide bonds. The second-order valence-electron chi connectivity index (χ2n) is 4.17. The first kappa shape index (κ1) is 11.6. The minimum atomic E-state index is -1.09. The summed E-state index contributed by atoms with van der Waals surface area (Å²) in [7, 11) is 4.35. The second kappa shape index (κ2) is 3.55. The molecule has 0 aromatic heterocycles. The van der Waals surface area contributed by atoms with Crippen molar-refractivity contribution in [1.82, 2.24) is 0 Å². The molecule has 0 unspecified atom stereocenters. The smallest absolute Gasteiger partial charge is 0.317 e. The van der Waals surface area contributed by atoms with Crippen molar-refractivity contribution in [2.75, 3.05) is 21.3 Å². The summed E-state index contributed by atoms with van der Waals surface area (Å²) < 4.78 is 21.3. The van der Waals surface area contributed by atoms with Gasteiger partial charge in [0.25, 0.3) is 0 Å². The van der Waals surface area contributed by atoms with E-state index in [1.165, 1.54) is 21.3 Å². The van der Waals surface area contributed by atoms with Gasteiger partial charge in [-0.1, -0.05) is 12.2 Å². The molecule has 1 saturated heterocycles. The molecule has 5 heteroatoms. The highest BCUT2D eigenvalue weighted by molar-refractivity contribution is 5.77. The third-order valence-corrected chi connectivity index (χ3v) is 3.43. The van der Waals surface area contributed by atoms with E-state index in [9.17, 15) is 4.79 Å². The Morgan fingerprint density at radius 2 is 1.94 bits per heavy atom. The van der Waals surface area contributed by atoms with Crippen molar-refractivity contribution in [2.24, 2.45) is 5.92 Å². The first-order valence-electron chi connectivity index (χ1n) is 5.09. The van der Waals surface area contributed by atoms with Crippen molar-refractivity contribution in [3.8, 4) is 0 Å². The van der Waals surface area contributed by atoms with Crippen molar-refractivity contribution < 1.29 is 23.7 Å². The molecule has 3 atom stereocenters. The molecule has 0 aromatic rings. The molecular weight excluding hydrogens is 212 g/mol. The van der Waals surface area contributed by atoms with Crippen LogP contribution in [0, 0.1) is 5.92 Å². The number of hydrogen-bond donors (Lipinski definition) is 0. The first-order valence-corrected chi connectivity index (χ1v) is 5.09. The van der Waals surface area contributed by atoms with Crippen LogP contribution in [0.3, 0.4) is 0 Å². The van der Waals surface area contributed by atoms with Crippen molar-refractivity contribution in [2.45, 2.75) is 24.4 Å². The number of hydrogen-bond acceptors (Lipinski definition) is 5. The van der Waals surface area contributed by atoms with E-state index in [0.29, 0.717) is 0 Å². The van der Waals surface area contributed by atoms with Crippen LogP contribution in [0.4, 0.5) is 0 Å². The molecule has 2 aliphatic rings. The Labute approximate surface area is 94.3 Å². The molecular formula is C11H16O5. The number of rotatable bonds is 3. The van der Waals surface area contributed by atoms with Gasteiger partial charge in [-0.25, -0.2) is 0 Å². The molecule has 0 N–H and O–H groups in total. The van der Waals surface area contributed by atoms with Crippen LogP contribution >= 0.6 is 0 Å². The van der Waals surface area contributed by atoms with Crippen LogP contribution in [-0.4, -0.2) is 44.8 Å². The van der Waals surface area contributed by atoms with Crippen molar-refractivity contribution >= 4 is 5.97 Å². The van der Waals surface area contributed by atoms with Crippen LogP contribution in [0.15, 0.2) is 12.2 Å². The number of carbonyl (C=O) groups excluding carboxylic acids is 1. The first-order chi connectivity index (χ1) is 7.54. The average molecular weight is 228 g/mol. The van der Waals surface area contributed by atoms with Gasteiger partial charge in [0.05, 0.1) is 7.11 Å². The van der Waals surface area contributed by atoms with Gasteiger partial charge in [-0.15, -0.1) is 0 Å². The Hall–Kier alpha value is -0.910. The molecule has 0 saturated carbocycles. The molecule has 2 heterocycles. The monoisotopic (exact) mass is 228 g/mol. The molecule has 2 aliphatic heterocycles. The molecule has 90 valence electrons. The minimum absolute atomic E-state index is 0.378. The fourth-order valence-electron chi connectivity index (χ4n) is 2.64. The third kappa shape index (κ3) is 1.19. The van der Waals surface area contributed by atoms with E-state index in [-0.39, 0.29) is 6.10 Å². The SMILES string of the molecule is COC(=O)[C@@H]1C(OC)(OC)[C@H]2C=C[C@@]1(C)O2. The van der Waals surface area contributed by atoms with Crippen LogP contribution < -0.4 is 0 Å². The Kier molecular flexibility index (Phi) is 2.57. The molecule has 16 heavy (non-hydrogen) atoms. The highest BCUT2D eigenvalue weighted by atomic mass is 16.7. The lowest BCUT2D eigenvalue weighted by Crippen LogP contribution is -2.54. The molecule has 0 aromatic carbocycles. The molecule has 2 rings (SSSR count). The van der Waals surface area contributed by atoms with E-state index in [2.05, 4.69) is 0 Å². The summed E-state index contributed by atoms with van der Waals surface area (Å²) in [6.07, 6.45) is 3.33. The number of ether oxygens (including phenoxy) is 4. The number of fused-ring (bicyclic) bond motifs is 2. The summed E-state index contributed by atoms with van der Waals surface area (Å²) in [4.78, 5) is 11.8. The van der Waals surface area contributed by atoms with Gasteiger partial charge in [0.1, 0.15) is 17.6 Å².